The van der Waals surface area contributed by atoms with E-state index >= 15 is 0 Å². The Bertz CT molecular complexity index is 2300. The summed E-state index contributed by atoms with van der Waals surface area (Å²) in [7, 11) is -13.7. The average Bonchev–Trinajstić information content (AvgIpc) is 3.37. The Kier molecular flexibility index (Phi) is 10.2. The molecule has 2 aliphatic heterocycles. The molecule has 52 heavy (non-hydrogen) atoms. The summed E-state index contributed by atoms with van der Waals surface area (Å²) in [5.41, 5.74) is 0.628. The molecule has 0 amide bonds. The van der Waals surface area contributed by atoms with Gasteiger partial charge in [0.1, 0.15) is 12.3 Å². The highest BCUT2D eigenvalue weighted by Crippen LogP contribution is 2.51. The van der Waals surface area contributed by atoms with Crippen molar-refractivity contribution in [2.75, 3.05) is 24.2 Å². The summed E-state index contributed by atoms with van der Waals surface area (Å²) in [6.45, 7) is 7.12. The number of Topliss-reactive ketones (excluding diaryl/α,β-unsaturated/α-hetero) is 1. The lowest BCUT2D eigenvalue weighted by atomic mass is 9.77. The van der Waals surface area contributed by atoms with Crippen LogP contribution in [0.25, 0.3) is 0 Å². The summed E-state index contributed by atoms with van der Waals surface area (Å²) < 4.78 is 81.0. The highest BCUT2D eigenvalue weighted by atomic mass is 32.2. The number of allylic oxidation sites excluding steroid dienone is 5. The van der Waals surface area contributed by atoms with E-state index in [9.17, 15) is 55.0 Å². The van der Waals surface area contributed by atoms with Crippen LogP contribution in [0.1, 0.15) is 64.5 Å². The molecule has 0 bridgehead atoms. The molecular formula is C34H40N2O13PS2+. The van der Waals surface area contributed by atoms with E-state index in [0.29, 0.717) is 59.7 Å². The fourth-order valence-corrected chi connectivity index (χ4v) is 8.44. The summed E-state index contributed by atoms with van der Waals surface area (Å²) in [6.07, 6.45) is 3.84. The third-order valence-electron chi connectivity index (χ3n) is 9.77. The minimum Gasteiger partial charge on any atom is -0.506 e. The lowest BCUT2D eigenvalue weighted by Crippen LogP contribution is -2.32. The second kappa shape index (κ2) is 13.5. The number of fused-ring (bicyclic) bond motifs is 2. The Labute approximate surface area is 301 Å². The van der Waals surface area contributed by atoms with Crippen molar-refractivity contribution in [3.63, 3.8) is 0 Å². The predicted molar refractivity (Wildman–Crippen MR) is 190 cm³/mol. The lowest BCUT2D eigenvalue weighted by Gasteiger charge is -2.29. The van der Waals surface area contributed by atoms with Crippen molar-refractivity contribution in [3.05, 3.63) is 82.3 Å². The van der Waals surface area contributed by atoms with Crippen molar-refractivity contribution in [2.24, 2.45) is 0 Å². The van der Waals surface area contributed by atoms with Gasteiger partial charge in [-0.3, -0.25) is 23.3 Å². The molecule has 0 saturated carbocycles. The molecule has 1 aliphatic carbocycles. The molecule has 3 aliphatic rings. The molecule has 0 aromatic heterocycles. The Morgan fingerprint density at radius 2 is 1.48 bits per heavy atom. The van der Waals surface area contributed by atoms with Gasteiger partial charge in [-0.25, -0.2) is 0 Å². The first-order chi connectivity index (χ1) is 23.9. The van der Waals surface area contributed by atoms with Crippen LogP contribution in [0.5, 0.6) is 0 Å². The number of aliphatic carboxylic acids is 1. The topological polar surface area (TPSA) is 247 Å². The highest BCUT2D eigenvalue weighted by Gasteiger charge is 2.48. The zero-order chi connectivity index (χ0) is 38.8. The van der Waals surface area contributed by atoms with Crippen molar-refractivity contribution in [1.82, 2.24) is 0 Å². The van der Waals surface area contributed by atoms with Crippen LogP contribution >= 0.6 is 7.60 Å². The molecule has 15 nitrogen and oxygen atoms in total. The zero-order valence-corrected chi connectivity index (χ0v) is 31.3. The number of ketones is 1. The van der Waals surface area contributed by atoms with Gasteiger partial charge in [0.25, 0.3) is 20.2 Å². The van der Waals surface area contributed by atoms with Crippen LogP contribution in [-0.2, 0) is 45.2 Å². The smallest absolute Gasteiger partial charge is 0.327 e. The van der Waals surface area contributed by atoms with E-state index in [1.807, 2.05) is 4.58 Å². The molecule has 0 atom stereocenters. The number of rotatable bonds is 13. The number of hydrogen-bond donors (Lipinski definition) is 6. The number of aliphatic hydroxyl groups excluding tert-OH is 1. The normalized spacial score (nSPS) is 19.8. The van der Waals surface area contributed by atoms with Crippen LogP contribution in [0.4, 0.5) is 11.4 Å². The van der Waals surface area contributed by atoms with Gasteiger partial charge >= 0.3 is 13.6 Å². The maximum absolute atomic E-state index is 13.8. The third kappa shape index (κ3) is 7.44. The van der Waals surface area contributed by atoms with Gasteiger partial charge in [-0.05, 0) is 68.7 Å². The number of carbonyl (C=O) groups is 2. The van der Waals surface area contributed by atoms with Gasteiger partial charge in [0.2, 0.25) is 11.5 Å². The Morgan fingerprint density at radius 3 is 2.04 bits per heavy atom. The molecule has 0 spiro atoms. The number of carbonyl (C=O) groups excluding carboxylic acids is 1. The van der Waals surface area contributed by atoms with Gasteiger partial charge in [0, 0.05) is 53.9 Å². The van der Waals surface area contributed by atoms with E-state index in [-0.39, 0.29) is 34.8 Å². The molecule has 0 fully saturated rings. The summed E-state index contributed by atoms with van der Waals surface area (Å²) >= 11 is 0. The van der Waals surface area contributed by atoms with Gasteiger partial charge in [-0.1, -0.05) is 13.8 Å². The predicted octanol–water partition coefficient (Wildman–Crippen LogP) is 4.38. The Morgan fingerprint density at radius 1 is 0.885 bits per heavy atom. The Hall–Kier alpha value is -3.96. The number of nitrogens with zero attached hydrogens (tertiary/aromatic N) is 2. The van der Waals surface area contributed by atoms with Crippen molar-refractivity contribution in [3.8, 4) is 0 Å². The molecule has 5 rings (SSSR count). The van der Waals surface area contributed by atoms with Crippen LogP contribution in [0, 0.1) is 0 Å². The molecule has 18 heteroatoms. The van der Waals surface area contributed by atoms with E-state index in [4.69, 9.17) is 5.11 Å². The van der Waals surface area contributed by atoms with Gasteiger partial charge in [-0.2, -0.15) is 21.4 Å². The van der Waals surface area contributed by atoms with Crippen molar-refractivity contribution < 1.29 is 64.7 Å². The van der Waals surface area contributed by atoms with Gasteiger partial charge in [0.05, 0.1) is 32.5 Å². The second-order valence-corrected chi connectivity index (χ2v) is 18.6. The molecule has 2 aromatic rings. The van der Waals surface area contributed by atoms with Crippen LogP contribution in [0.3, 0.4) is 0 Å². The van der Waals surface area contributed by atoms with Crippen molar-refractivity contribution >= 4 is 56.7 Å². The number of carboxylic acid groups (broad SMARTS) is 1. The second-order valence-electron chi connectivity index (χ2n) is 14.0. The fraction of sp³-hybridized carbons (Fsp3) is 0.382. The molecule has 0 unspecified atom stereocenters. The first kappa shape index (κ1) is 39.3. The molecule has 2 heterocycles. The number of aliphatic hydroxyl groups is 1. The van der Waals surface area contributed by atoms with Gasteiger partial charge < -0.3 is 24.9 Å². The largest absolute Gasteiger partial charge is 0.506 e. The number of anilines is 1. The summed E-state index contributed by atoms with van der Waals surface area (Å²) in [6, 6.07) is 7.94. The van der Waals surface area contributed by atoms with Crippen LogP contribution in [-0.4, -0.2) is 87.2 Å². The number of hydrogen-bond acceptors (Lipinski definition) is 9. The minimum atomic E-state index is -4.60. The lowest BCUT2D eigenvalue weighted by molar-refractivity contribution is -0.438. The average molecular weight is 780 g/mol. The quantitative estimate of drug-likeness (QED) is 0.0543. The van der Waals surface area contributed by atoms with Gasteiger partial charge in [-0.15, -0.1) is 0 Å². The van der Waals surface area contributed by atoms with E-state index in [2.05, 4.69) is 0 Å². The standard InChI is InChI=1S/C34H39N2O13PS2/c1-33(2)24-16-20(51(44,45)46)9-11-26(24)35(13-7-5-6-8-30(37)38)28(33)18-22-31(39)23(32(22)40)19-29-34(3,4)25-17-21(52(47,48)49)10-12-27(25)36(29)14-15-50(41,42)43/h9-12,16-19H,5-8,13-15H2,1-4H3,(H5-,37,38,39,40,41,42,43,44,45,46,47,48,49)/p+1. The third-order valence-corrected chi connectivity index (χ3v) is 12.3. The van der Waals surface area contributed by atoms with E-state index in [1.165, 1.54) is 47.4 Å². The first-order valence-electron chi connectivity index (χ1n) is 16.2. The fourth-order valence-electron chi connectivity index (χ4n) is 6.97. The van der Waals surface area contributed by atoms with Crippen LogP contribution < -0.4 is 4.90 Å². The van der Waals surface area contributed by atoms with Gasteiger partial charge in [0.15, 0.2) is 5.71 Å². The summed E-state index contributed by atoms with van der Waals surface area (Å²) in [5, 5.41) is 20.4. The minimum absolute atomic E-state index is 0.00774. The molecule has 0 saturated heterocycles. The Balaban J connectivity index is 1.59. The molecule has 6 N–H and O–H groups in total. The number of benzene rings is 2. The summed E-state index contributed by atoms with van der Waals surface area (Å²) in [4.78, 5) is 44.9. The molecule has 0 radical (unpaired) electrons. The zero-order valence-electron chi connectivity index (χ0n) is 28.8. The van der Waals surface area contributed by atoms with Crippen molar-refractivity contribution in [2.45, 2.75) is 74.0 Å². The van der Waals surface area contributed by atoms with E-state index in [0.717, 1.165) is 6.07 Å². The monoisotopic (exact) mass is 779 g/mol. The molecule has 2 aromatic carbocycles. The molecular weight excluding hydrogens is 739 g/mol. The number of carboxylic acids is 1. The van der Waals surface area contributed by atoms with E-state index < -0.39 is 61.5 Å². The van der Waals surface area contributed by atoms with Crippen LogP contribution in [0.2, 0.25) is 0 Å². The van der Waals surface area contributed by atoms with Crippen molar-refractivity contribution in [1.29, 1.82) is 0 Å². The first-order valence-corrected chi connectivity index (χ1v) is 20.9. The number of unbranched alkanes of at least 4 members (excludes halogenated alkanes) is 2. The maximum Gasteiger partial charge on any atom is 0.327 e. The SMILES string of the molecule is CC1(C)C(/C=C2\C(=O)C(/C=C3/N(CCP(=O)(O)O)c4ccc(S(=O)(=O)O)cc4C3(C)C)=C2O)=[N+](CCCCCC(=O)O)c2ccc(S(=O)(=O)O)cc21. The molecule has 280 valence electrons. The van der Waals surface area contributed by atoms with Crippen LogP contribution in [0.15, 0.2) is 80.9 Å². The van der Waals surface area contributed by atoms with E-state index in [1.54, 1.807) is 27.7 Å². The maximum atomic E-state index is 13.8. The highest BCUT2D eigenvalue weighted by molar-refractivity contribution is 7.86. The summed E-state index contributed by atoms with van der Waals surface area (Å²) in [5.74, 6) is -1.86.